The highest BCUT2D eigenvalue weighted by Crippen LogP contribution is 2.28. The summed E-state index contributed by atoms with van der Waals surface area (Å²) in [5, 5.41) is 10.3. The average Bonchev–Trinajstić information content (AvgIpc) is 2.51. The van der Waals surface area contributed by atoms with E-state index in [0.29, 0.717) is 11.4 Å². The average molecular weight is 363 g/mol. The van der Waals surface area contributed by atoms with Gasteiger partial charge in [-0.05, 0) is 44.0 Å². The molecule has 6 heteroatoms. The molecule has 0 saturated carbocycles. The number of para-hydroxylation sites is 1. The van der Waals surface area contributed by atoms with E-state index >= 15 is 0 Å². The summed E-state index contributed by atoms with van der Waals surface area (Å²) in [6, 6.07) is 13.0. The molecule has 0 spiro atoms. The van der Waals surface area contributed by atoms with Crippen LogP contribution in [0.1, 0.15) is 16.7 Å². The topological polar surface area (TPSA) is 66.8 Å². The van der Waals surface area contributed by atoms with Crippen molar-refractivity contribution in [3.8, 4) is 5.75 Å². The standard InChI is InChI=1S/C19H25NO4S/c1-14-10-15(2)19(16(3)11-14)20(25(4,22)23)12-17(21)13-24-18-8-6-5-7-9-18/h5-11,17,21H,12-13H2,1-4H3/t17-/m1/s1. The number of anilines is 1. The molecule has 25 heavy (non-hydrogen) atoms. The van der Waals surface area contributed by atoms with E-state index in [9.17, 15) is 13.5 Å². The van der Waals surface area contributed by atoms with Crippen molar-refractivity contribution in [1.29, 1.82) is 0 Å². The molecule has 0 heterocycles. The predicted molar refractivity (Wildman–Crippen MR) is 101 cm³/mol. The van der Waals surface area contributed by atoms with Gasteiger partial charge in [-0.2, -0.15) is 0 Å². The Kier molecular flexibility index (Phi) is 6.08. The van der Waals surface area contributed by atoms with Gasteiger partial charge in [0.25, 0.3) is 0 Å². The highest BCUT2D eigenvalue weighted by atomic mass is 32.2. The Morgan fingerprint density at radius 2 is 1.64 bits per heavy atom. The van der Waals surface area contributed by atoms with Gasteiger partial charge < -0.3 is 9.84 Å². The minimum atomic E-state index is -3.54. The molecule has 0 unspecified atom stereocenters. The fourth-order valence-corrected chi connectivity index (χ4v) is 3.97. The molecule has 0 aliphatic carbocycles. The van der Waals surface area contributed by atoms with Crippen LogP contribution in [0.2, 0.25) is 0 Å². The van der Waals surface area contributed by atoms with Gasteiger partial charge in [0.15, 0.2) is 0 Å². The van der Waals surface area contributed by atoms with Gasteiger partial charge >= 0.3 is 0 Å². The number of hydrogen-bond donors (Lipinski definition) is 1. The molecule has 0 aromatic heterocycles. The molecule has 2 rings (SSSR count). The summed E-state index contributed by atoms with van der Waals surface area (Å²) in [6.07, 6.45) is 0.200. The van der Waals surface area contributed by atoms with Crippen LogP contribution in [0.4, 0.5) is 5.69 Å². The van der Waals surface area contributed by atoms with E-state index < -0.39 is 16.1 Å². The zero-order valence-electron chi connectivity index (χ0n) is 15.1. The van der Waals surface area contributed by atoms with Crippen LogP contribution in [-0.4, -0.2) is 39.0 Å². The highest BCUT2D eigenvalue weighted by molar-refractivity contribution is 7.92. The number of ether oxygens (including phenoxy) is 1. The van der Waals surface area contributed by atoms with Gasteiger partial charge in [0, 0.05) is 0 Å². The van der Waals surface area contributed by atoms with Gasteiger partial charge in [-0.15, -0.1) is 0 Å². The first-order valence-corrected chi connectivity index (χ1v) is 9.95. The first-order chi connectivity index (χ1) is 11.7. The third-order valence-corrected chi connectivity index (χ3v) is 4.98. The Hall–Kier alpha value is -2.05. The van der Waals surface area contributed by atoms with Crippen molar-refractivity contribution >= 4 is 15.7 Å². The number of rotatable bonds is 7. The van der Waals surface area contributed by atoms with Crippen LogP contribution in [0.25, 0.3) is 0 Å². The van der Waals surface area contributed by atoms with E-state index in [1.807, 2.05) is 51.1 Å². The number of nitrogens with zero attached hydrogens (tertiary/aromatic N) is 1. The lowest BCUT2D eigenvalue weighted by atomic mass is 10.0. The van der Waals surface area contributed by atoms with E-state index in [2.05, 4.69) is 0 Å². The maximum absolute atomic E-state index is 12.3. The lowest BCUT2D eigenvalue weighted by Crippen LogP contribution is -2.40. The highest BCUT2D eigenvalue weighted by Gasteiger charge is 2.24. The summed E-state index contributed by atoms with van der Waals surface area (Å²) < 4.78 is 31.4. The fraction of sp³-hybridized carbons (Fsp3) is 0.368. The maximum atomic E-state index is 12.3. The molecule has 136 valence electrons. The van der Waals surface area contributed by atoms with Crippen LogP contribution in [0, 0.1) is 20.8 Å². The molecule has 0 fully saturated rings. The molecular formula is C19H25NO4S. The third-order valence-electron chi connectivity index (χ3n) is 3.85. The molecule has 0 aliphatic heterocycles. The summed E-state index contributed by atoms with van der Waals surface area (Å²) in [5.41, 5.74) is 3.41. The smallest absolute Gasteiger partial charge is 0.232 e. The molecule has 1 atom stereocenters. The van der Waals surface area contributed by atoms with Crippen LogP contribution in [0.3, 0.4) is 0 Å². The normalized spacial score (nSPS) is 12.7. The van der Waals surface area contributed by atoms with E-state index in [1.54, 1.807) is 12.1 Å². The molecule has 1 N–H and O–H groups in total. The molecular weight excluding hydrogens is 338 g/mol. The number of sulfonamides is 1. The number of hydrogen-bond acceptors (Lipinski definition) is 4. The van der Waals surface area contributed by atoms with Crippen molar-refractivity contribution in [3.63, 3.8) is 0 Å². The summed E-state index contributed by atoms with van der Waals surface area (Å²) in [7, 11) is -3.54. The van der Waals surface area contributed by atoms with Crippen LogP contribution in [0.15, 0.2) is 42.5 Å². The van der Waals surface area contributed by atoms with Gasteiger partial charge in [-0.25, -0.2) is 8.42 Å². The van der Waals surface area contributed by atoms with Gasteiger partial charge in [-0.3, -0.25) is 4.31 Å². The van der Waals surface area contributed by atoms with Gasteiger partial charge in [0.05, 0.1) is 18.5 Å². The molecule has 0 aliphatic rings. The number of benzene rings is 2. The van der Waals surface area contributed by atoms with Crippen LogP contribution < -0.4 is 9.04 Å². The Bertz CT molecular complexity index is 796. The van der Waals surface area contributed by atoms with E-state index in [4.69, 9.17) is 4.74 Å². The fourth-order valence-electron chi connectivity index (χ4n) is 2.91. The first kappa shape index (κ1) is 19.3. The number of aliphatic hydroxyl groups excluding tert-OH is 1. The second-order valence-electron chi connectivity index (χ2n) is 6.32. The predicted octanol–water partition coefficient (Wildman–Crippen LogP) is 2.82. The first-order valence-electron chi connectivity index (χ1n) is 8.10. The SMILES string of the molecule is Cc1cc(C)c(N(C[C@@H](O)COc2ccccc2)S(C)(=O)=O)c(C)c1. The minimum absolute atomic E-state index is 0.0139. The zero-order valence-corrected chi connectivity index (χ0v) is 15.9. The second-order valence-corrected chi connectivity index (χ2v) is 8.23. The van der Waals surface area contributed by atoms with E-state index in [0.717, 1.165) is 22.9 Å². The van der Waals surface area contributed by atoms with Crippen molar-refractivity contribution in [2.24, 2.45) is 0 Å². The second kappa shape index (κ2) is 7.89. The molecule has 0 bridgehead atoms. The van der Waals surface area contributed by atoms with Gasteiger partial charge in [0.1, 0.15) is 18.5 Å². The summed E-state index contributed by atoms with van der Waals surface area (Å²) >= 11 is 0. The number of aliphatic hydroxyl groups is 1. The largest absolute Gasteiger partial charge is 0.491 e. The summed E-state index contributed by atoms with van der Waals surface area (Å²) in [6.45, 7) is 5.67. The summed E-state index contributed by atoms with van der Waals surface area (Å²) in [5.74, 6) is 0.634. The molecule has 2 aromatic carbocycles. The van der Waals surface area contributed by atoms with Crippen molar-refractivity contribution < 1.29 is 18.3 Å². The number of aryl methyl sites for hydroxylation is 3. The lowest BCUT2D eigenvalue weighted by Gasteiger charge is -2.28. The van der Waals surface area contributed by atoms with Crippen molar-refractivity contribution in [3.05, 3.63) is 59.2 Å². The van der Waals surface area contributed by atoms with Crippen LogP contribution in [0.5, 0.6) is 5.75 Å². The molecule has 0 saturated heterocycles. The summed E-state index contributed by atoms with van der Waals surface area (Å²) in [4.78, 5) is 0. The Morgan fingerprint density at radius 1 is 1.08 bits per heavy atom. The lowest BCUT2D eigenvalue weighted by molar-refractivity contribution is 0.115. The molecule has 5 nitrogen and oxygen atoms in total. The van der Waals surface area contributed by atoms with E-state index in [1.165, 1.54) is 4.31 Å². The van der Waals surface area contributed by atoms with Crippen LogP contribution >= 0.6 is 0 Å². The van der Waals surface area contributed by atoms with Crippen LogP contribution in [-0.2, 0) is 10.0 Å². The van der Waals surface area contributed by atoms with Gasteiger partial charge in [0.2, 0.25) is 10.0 Å². The monoisotopic (exact) mass is 363 g/mol. The Balaban J connectivity index is 2.19. The van der Waals surface area contributed by atoms with Crippen molar-refractivity contribution in [2.75, 3.05) is 23.7 Å². The van der Waals surface area contributed by atoms with Gasteiger partial charge in [-0.1, -0.05) is 35.9 Å². The van der Waals surface area contributed by atoms with Crippen molar-refractivity contribution in [2.45, 2.75) is 26.9 Å². The maximum Gasteiger partial charge on any atom is 0.232 e. The quantitative estimate of drug-likeness (QED) is 0.821. The molecule has 0 radical (unpaired) electrons. The molecule has 0 amide bonds. The zero-order chi connectivity index (χ0) is 18.6. The minimum Gasteiger partial charge on any atom is -0.491 e. The molecule has 2 aromatic rings. The van der Waals surface area contributed by atoms with E-state index in [-0.39, 0.29) is 13.2 Å². The van der Waals surface area contributed by atoms with Crippen molar-refractivity contribution in [1.82, 2.24) is 0 Å². The Labute approximate surface area is 149 Å². The third kappa shape index (κ3) is 5.21. The Morgan fingerprint density at radius 3 is 2.16 bits per heavy atom.